The molecule has 1 aliphatic carbocycles. The van der Waals surface area contributed by atoms with Gasteiger partial charge in [-0.3, -0.25) is 4.98 Å². The molecular weight excluding hydrogens is 191 g/mol. The van der Waals surface area contributed by atoms with Crippen LogP contribution in [0.5, 0.6) is 0 Å². The predicted octanol–water partition coefficient (Wildman–Crippen LogP) is 2.11. The molecule has 0 amide bonds. The Kier molecular flexibility index (Phi) is 2.74. The highest BCUT2D eigenvalue weighted by Gasteiger charge is 2.54. The van der Waals surface area contributed by atoms with Gasteiger partial charge in [0.15, 0.2) is 0 Å². The number of rotatable bonds is 4. The molecule has 0 saturated heterocycles. The minimum absolute atomic E-state index is 0.205. The number of pyridine rings is 1. The van der Waals surface area contributed by atoms with Crippen LogP contribution in [0.3, 0.4) is 0 Å². The summed E-state index contributed by atoms with van der Waals surface area (Å²) in [6.07, 6.45) is 3.57. The lowest BCUT2D eigenvalue weighted by molar-refractivity contribution is 0.541. The SMILES string of the molecule is CCC1(c2ccc(F)cn2)CC1CNC. The van der Waals surface area contributed by atoms with Crippen molar-refractivity contribution in [2.45, 2.75) is 25.2 Å². The fourth-order valence-corrected chi connectivity index (χ4v) is 2.49. The van der Waals surface area contributed by atoms with E-state index >= 15 is 0 Å². The number of nitrogens with zero attached hydrogens (tertiary/aromatic N) is 1. The van der Waals surface area contributed by atoms with Crippen molar-refractivity contribution in [2.24, 2.45) is 5.92 Å². The maximum atomic E-state index is 12.8. The first-order valence-corrected chi connectivity index (χ1v) is 5.49. The molecule has 0 spiro atoms. The minimum Gasteiger partial charge on any atom is -0.319 e. The van der Waals surface area contributed by atoms with Gasteiger partial charge in [0.25, 0.3) is 0 Å². The summed E-state index contributed by atoms with van der Waals surface area (Å²) in [6, 6.07) is 3.34. The van der Waals surface area contributed by atoms with Crippen LogP contribution in [0.2, 0.25) is 0 Å². The Bertz CT molecular complexity index is 336. The van der Waals surface area contributed by atoms with E-state index in [4.69, 9.17) is 0 Å². The first kappa shape index (κ1) is 10.6. The molecule has 1 fully saturated rings. The summed E-state index contributed by atoms with van der Waals surface area (Å²) in [5.41, 5.74) is 1.25. The molecule has 0 bridgehead atoms. The van der Waals surface area contributed by atoms with Crippen LogP contribution >= 0.6 is 0 Å². The van der Waals surface area contributed by atoms with Crippen molar-refractivity contribution in [3.05, 3.63) is 29.8 Å². The summed E-state index contributed by atoms with van der Waals surface area (Å²) in [6.45, 7) is 3.20. The molecule has 2 nitrogen and oxygen atoms in total. The Morgan fingerprint density at radius 1 is 1.60 bits per heavy atom. The quantitative estimate of drug-likeness (QED) is 0.819. The van der Waals surface area contributed by atoms with Crippen molar-refractivity contribution in [2.75, 3.05) is 13.6 Å². The Labute approximate surface area is 89.9 Å². The maximum Gasteiger partial charge on any atom is 0.141 e. The molecular formula is C12H17FN2. The highest BCUT2D eigenvalue weighted by Crippen LogP contribution is 2.55. The molecule has 15 heavy (non-hydrogen) atoms. The van der Waals surface area contributed by atoms with E-state index in [1.54, 1.807) is 0 Å². The Morgan fingerprint density at radius 2 is 2.40 bits per heavy atom. The monoisotopic (exact) mass is 208 g/mol. The van der Waals surface area contributed by atoms with Crippen molar-refractivity contribution < 1.29 is 4.39 Å². The number of hydrogen-bond acceptors (Lipinski definition) is 2. The molecule has 2 rings (SSSR count). The van der Waals surface area contributed by atoms with Gasteiger partial charge in [0.1, 0.15) is 5.82 Å². The molecule has 0 radical (unpaired) electrons. The van der Waals surface area contributed by atoms with E-state index in [1.807, 2.05) is 13.1 Å². The average molecular weight is 208 g/mol. The summed E-state index contributed by atoms with van der Waals surface area (Å²) in [5.74, 6) is 0.404. The van der Waals surface area contributed by atoms with E-state index < -0.39 is 0 Å². The van der Waals surface area contributed by atoms with Gasteiger partial charge in [-0.1, -0.05) is 6.92 Å². The van der Waals surface area contributed by atoms with E-state index in [9.17, 15) is 4.39 Å². The number of hydrogen-bond donors (Lipinski definition) is 1. The van der Waals surface area contributed by atoms with Crippen molar-refractivity contribution in [3.8, 4) is 0 Å². The molecule has 1 aromatic heterocycles. The Balaban J connectivity index is 2.18. The predicted molar refractivity (Wildman–Crippen MR) is 58.2 cm³/mol. The molecule has 0 aromatic carbocycles. The highest BCUT2D eigenvalue weighted by atomic mass is 19.1. The van der Waals surface area contributed by atoms with Crippen LogP contribution in [0.4, 0.5) is 4.39 Å². The van der Waals surface area contributed by atoms with Gasteiger partial charge in [-0.2, -0.15) is 0 Å². The second-order valence-corrected chi connectivity index (χ2v) is 4.33. The third kappa shape index (κ3) is 1.76. The third-order valence-electron chi connectivity index (χ3n) is 3.55. The minimum atomic E-state index is -0.254. The van der Waals surface area contributed by atoms with Crippen molar-refractivity contribution in [1.82, 2.24) is 10.3 Å². The van der Waals surface area contributed by atoms with Crippen molar-refractivity contribution in [3.63, 3.8) is 0 Å². The lowest BCUT2D eigenvalue weighted by Crippen LogP contribution is -2.18. The van der Waals surface area contributed by atoms with Crippen LogP contribution in [-0.2, 0) is 5.41 Å². The molecule has 1 saturated carbocycles. The smallest absolute Gasteiger partial charge is 0.141 e. The molecule has 1 aliphatic rings. The van der Waals surface area contributed by atoms with Crippen LogP contribution in [0, 0.1) is 11.7 Å². The van der Waals surface area contributed by atoms with E-state index in [2.05, 4.69) is 17.2 Å². The fraction of sp³-hybridized carbons (Fsp3) is 0.583. The van der Waals surface area contributed by atoms with Crippen LogP contribution in [0.15, 0.2) is 18.3 Å². The van der Waals surface area contributed by atoms with E-state index in [0.717, 1.165) is 18.7 Å². The molecule has 0 aliphatic heterocycles. The van der Waals surface area contributed by atoms with E-state index in [-0.39, 0.29) is 11.2 Å². The van der Waals surface area contributed by atoms with Gasteiger partial charge in [0.2, 0.25) is 0 Å². The largest absolute Gasteiger partial charge is 0.319 e. The number of aromatic nitrogens is 1. The second kappa shape index (κ2) is 3.89. The van der Waals surface area contributed by atoms with E-state index in [0.29, 0.717) is 5.92 Å². The summed E-state index contributed by atoms with van der Waals surface area (Å²) in [4.78, 5) is 4.21. The lowest BCUT2D eigenvalue weighted by Gasteiger charge is -2.14. The van der Waals surface area contributed by atoms with Gasteiger partial charge in [-0.25, -0.2) is 4.39 Å². The topological polar surface area (TPSA) is 24.9 Å². The second-order valence-electron chi connectivity index (χ2n) is 4.33. The summed E-state index contributed by atoms with van der Waals surface area (Å²) >= 11 is 0. The molecule has 2 atom stereocenters. The zero-order chi connectivity index (χ0) is 10.9. The van der Waals surface area contributed by atoms with Crippen LogP contribution in [0.1, 0.15) is 25.5 Å². The van der Waals surface area contributed by atoms with Crippen LogP contribution in [-0.4, -0.2) is 18.6 Å². The lowest BCUT2D eigenvalue weighted by atomic mass is 9.95. The van der Waals surface area contributed by atoms with E-state index in [1.165, 1.54) is 18.7 Å². The van der Waals surface area contributed by atoms with Gasteiger partial charge < -0.3 is 5.32 Å². The van der Waals surface area contributed by atoms with Crippen LogP contribution < -0.4 is 5.32 Å². The summed E-state index contributed by atoms with van der Waals surface area (Å²) in [7, 11) is 1.97. The van der Waals surface area contributed by atoms with Crippen LogP contribution in [0.25, 0.3) is 0 Å². The zero-order valence-corrected chi connectivity index (χ0v) is 9.26. The Morgan fingerprint density at radius 3 is 2.93 bits per heavy atom. The van der Waals surface area contributed by atoms with Gasteiger partial charge >= 0.3 is 0 Å². The normalized spacial score (nSPS) is 29.1. The standard InChI is InChI=1S/C12H17FN2/c1-3-12(6-9(12)7-14-2)11-5-4-10(13)8-15-11/h4-5,8-9,14H,3,6-7H2,1-2H3. The van der Waals surface area contributed by atoms with Gasteiger partial charge in [-0.05, 0) is 44.5 Å². The first-order valence-electron chi connectivity index (χ1n) is 5.49. The average Bonchev–Trinajstić information content (AvgIpc) is 2.95. The molecule has 1 aromatic rings. The Hall–Kier alpha value is -0.960. The molecule has 1 heterocycles. The van der Waals surface area contributed by atoms with Gasteiger partial charge in [-0.15, -0.1) is 0 Å². The zero-order valence-electron chi connectivity index (χ0n) is 9.26. The van der Waals surface area contributed by atoms with Crippen molar-refractivity contribution >= 4 is 0 Å². The third-order valence-corrected chi connectivity index (χ3v) is 3.55. The van der Waals surface area contributed by atoms with Gasteiger partial charge in [0.05, 0.1) is 6.20 Å². The molecule has 82 valence electrons. The first-order chi connectivity index (χ1) is 7.23. The summed E-state index contributed by atoms with van der Waals surface area (Å²) < 4.78 is 12.8. The fourth-order valence-electron chi connectivity index (χ4n) is 2.49. The summed E-state index contributed by atoms with van der Waals surface area (Å²) in [5, 5.41) is 3.20. The maximum absolute atomic E-state index is 12.8. The van der Waals surface area contributed by atoms with Crippen molar-refractivity contribution in [1.29, 1.82) is 0 Å². The van der Waals surface area contributed by atoms with Gasteiger partial charge in [0, 0.05) is 11.1 Å². The molecule has 1 N–H and O–H groups in total. The number of halogens is 1. The number of nitrogens with one attached hydrogen (secondary N) is 1. The molecule has 2 unspecified atom stereocenters. The highest BCUT2D eigenvalue weighted by molar-refractivity contribution is 5.28. The molecule has 3 heteroatoms.